The standard InChI is InChI=1S/C10H16F2/c1-5-10(6(2)7(10)3)8(4)9(11)12/h6-7H,5H2,1-4H3. The Balaban J connectivity index is 2.93. The predicted molar refractivity (Wildman–Crippen MR) is 46.0 cm³/mol. The van der Waals surface area contributed by atoms with Gasteiger partial charge in [0.2, 0.25) is 0 Å². The van der Waals surface area contributed by atoms with Crippen LogP contribution in [-0.2, 0) is 0 Å². The van der Waals surface area contributed by atoms with Gasteiger partial charge in [0.25, 0.3) is 6.08 Å². The summed E-state index contributed by atoms with van der Waals surface area (Å²) in [6.07, 6.45) is -0.647. The highest BCUT2D eigenvalue weighted by molar-refractivity contribution is 5.26. The molecule has 2 unspecified atom stereocenters. The molecule has 0 aromatic heterocycles. The Morgan fingerprint density at radius 1 is 1.25 bits per heavy atom. The van der Waals surface area contributed by atoms with E-state index in [1.807, 2.05) is 6.92 Å². The first-order valence-corrected chi connectivity index (χ1v) is 4.50. The molecule has 70 valence electrons. The third-order valence-electron chi connectivity index (χ3n) is 3.83. The molecule has 1 aliphatic rings. The van der Waals surface area contributed by atoms with Crippen molar-refractivity contribution in [1.82, 2.24) is 0 Å². The van der Waals surface area contributed by atoms with Crippen LogP contribution in [0.25, 0.3) is 0 Å². The smallest absolute Gasteiger partial charge is 0.173 e. The minimum atomic E-state index is -1.48. The zero-order valence-electron chi connectivity index (χ0n) is 8.12. The van der Waals surface area contributed by atoms with E-state index >= 15 is 0 Å². The monoisotopic (exact) mass is 174 g/mol. The van der Waals surface area contributed by atoms with E-state index in [2.05, 4.69) is 13.8 Å². The van der Waals surface area contributed by atoms with Crippen molar-refractivity contribution >= 4 is 0 Å². The van der Waals surface area contributed by atoms with Gasteiger partial charge in [0.05, 0.1) is 0 Å². The number of hydrogen-bond donors (Lipinski definition) is 0. The van der Waals surface area contributed by atoms with Gasteiger partial charge in [-0.2, -0.15) is 8.78 Å². The van der Waals surface area contributed by atoms with Gasteiger partial charge in [-0.3, -0.25) is 0 Å². The molecule has 2 heteroatoms. The molecule has 0 aliphatic heterocycles. The van der Waals surface area contributed by atoms with Gasteiger partial charge in [-0.05, 0) is 30.8 Å². The van der Waals surface area contributed by atoms with Crippen molar-refractivity contribution in [1.29, 1.82) is 0 Å². The second kappa shape index (κ2) is 2.82. The van der Waals surface area contributed by atoms with Crippen LogP contribution in [0.2, 0.25) is 0 Å². The minimum Gasteiger partial charge on any atom is -0.173 e. The molecule has 0 nitrogen and oxygen atoms in total. The van der Waals surface area contributed by atoms with Gasteiger partial charge < -0.3 is 0 Å². The maximum atomic E-state index is 12.4. The Morgan fingerprint density at radius 2 is 1.67 bits per heavy atom. The molecule has 0 aromatic carbocycles. The zero-order valence-corrected chi connectivity index (χ0v) is 8.12. The molecule has 0 heterocycles. The van der Waals surface area contributed by atoms with Crippen LogP contribution in [0.4, 0.5) is 8.78 Å². The van der Waals surface area contributed by atoms with E-state index in [4.69, 9.17) is 0 Å². The molecule has 0 amide bonds. The molecule has 0 spiro atoms. The van der Waals surface area contributed by atoms with Crippen LogP contribution in [0.5, 0.6) is 0 Å². The van der Waals surface area contributed by atoms with Crippen molar-refractivity contribution in [2.75, 3.05) is 0 Å². The third kappa shape index (κ3) is 1.00. The SMILES string of the molecule is CCC1(C(C)=C(F)F)C(C)C1C. The first-order valence-electron chi connectivity index (χ1n) is 4.50. The lowest BCUT2D eigenvalue weighted by Gasteiger charge is -2.14. The topological polar surface area (TPSA) is 0 Å². The first kappa shape index (κ1) is 9.69. The molecule has 0 saturated heterocycles. The third-order valence-corrected chi connectivity index (χ3v) is 3.83. The molecular formula is C10H16F2. The molecule has 0 aromatic rings. The Labute approximate surface area is 72.7 Å². The van der Waals surface area contributed by atoms with E-state index in [1.165, 1.54) is 0 Å². The second-order valence-electron chi connectivity index (χ2n) is 3.86. The van der Waals surface area contributed by atoms with Crippen molar-refractivity contribution in [3.63, 3.8) is 0 Å². The zero-order chi connectivity index (χ0) is 9.52. The summed E-state index contributed by atoms with van der Waals surface area (Å²) in [6, 6.07) is 0. The maximum Gasteiger partial charge on any atom is 0.269 e. The van der Waals surface area contributed by atoms with Crippen molar-refractivity contribution in [2.24, 2.45) is 17.3 Å². The molecule has 1 saturated carbocycles. The van der Waals surface area contributed by atoms with Crippen LogP contribution in [0.15, 0.2) is 11.7 Å². The molecular weight excluding hydrogens is 158 g/mol. The highest BCUT2D eigenvalue weighted by atomic mass is 19.3. The largest absolute Gasteiger partial charge is 0.269 e. The summed E-state index contributed by atoms with van der Waals surface area (Å²) in [6.45, 7) is 7.67. The van der Waals surface area contributed by atoms with E-state index in [-0.39, 0.29) is 5.41 Å². The van der Waals surface area contributed by atoms with E-state index in [0.717, 1.165) is 6.42 Å². The van der Waals surface area contributed by atoms with Gasteiger partial charge in [0.1, 0.15) is 0 Å². The summed E-state index contributed by atoms with van der Waals surface area (Å²) >= 11 is 0. The number of allylic oxidation sites excluding steroid dienone is 1. The number of halogens is 2. The molecule has 12 heavy (non-hydrogen) atoms. The van der Waals surface area contributed by atoms with Crippen LogP contribution in [-0.4, -0.2) is 0 Å². The summed E-state index contributed by atoms with van der Waals surface area (Å²) in [4.78, 5) is 0. The fourth-order valence-electron chi connectivity index (χ4n) is 2.63. The molecule has 1 aliphatic carbocycles. The van der Waals surface area contributed by atoms with Crippen molar-refractivity contribution < 1.29 is 8.78 Å². The van der Waals surface area contributed by atoms with Crippen LogP contribution < -0.4 is 0 Å². The number of hydrogen-bond acceptors (Lipinski definition) is 0. The highest BCUT2D eigenvalue weighted by Crippen LogP contribution is 2.65. The van der Waals surface area contributed by atoms with E-state index in [0.29, 0.717) is 17.4 Å². The fourth-order valence-corrected chi connectivity index (χ4v) is 2.63. The lowest BCUT2D eigenvalue weighted by atomic mass is 9.91. The maximum absolute atomic E-state index is 12.4. The summed E-state index contributed by atoms with van der Waals surface area (Å²) in [7, 11) is 0. The van der Waals surface area contributed by atoms with Crippen LogP contribution in [0, 0.1) is 17.3 Å². The van der Waals surface area contributed by atoms with Crippen molar-refractivity contribution in [2.45, 2.75) is 34.1 Å². The quantitative estimate of drug-likeness (QED) is 0.596. The van der Waals surface area contributed by atoms with Gasteiger partial charge in [-0.25, -0.2) is 0 Å². The fraction of sp³-hybridized carbons (Fsp3) is 0.800. The summed E-state index contributed by atoms with van der Waals surface area (Å²) in [5.74, 6) is 0.841. The minimum absolute atomic E-state index is 0.182. The Morgan fingerprint density at radius 3 is 1.75 bits per heavy atom. The van der Waals surface area contributed by atoms with Crippen LogP contribution in [0.3, 0.4) is 0 Å². The molecule has 1 fully saturated rings. The summed E-state index contributed by atoms with van der Waals surface area (Å²) in [5.41, 5.74) is 0.128. The summed E-state index contributed by atoms with van der Waals surface area (Å²) < 4.78 is 24.8. The molecule has 0 bridgehead atoms. The second-order valence-corrected chi connectivity index (χ2v) is 3.86. The lowest BCUT2D eigenvalue weighted by Crippen LogP contribution is -2.05. The van der Waals surface area contributed by atoms with Gasteiger partial charge in [0.15, 0.2) is 0 Å². The van der Waals surface area contributed by atoms with E-state index in [1.54, 1.807) is 6.92 Å². The lowest BCUT2D eigenvalue weighted by molar-refractivity contribution is 0.375. The average Bonchev–Trinajstić information content (AvgIpc) is 2.55. The Hall–Kier alpha value is -0.400. The molecule has 2 atom stereocenters. The Bertz CT molecular complexity index is 206. The predicted octanol–water partition coefficient (Wildman–Crippen LogP) is 3.84. The van der Waals surface area contributed by atoms with Gasteiger partial charge in [0, 0.05) is 5.41 Å². The average molecular weight is 174 g/mol. The van der Waals surface area contributed by atoms with Crippen molar-refractivity contribution in [3.8, 4) is 0 Å². The molecule has 0 N–H and O–H groups in total. The Kier molecular flexibility index (Phi) is 2.28. The number of rotatable bonds is 2. The molecule has 0 radical (unpaired) electrons. The normalized spacial score (nSPS) is 39.5. The van der Waals surface area contributed by atoms with Crippen molar-refractivity contribution in [3.05, 3.63) is 11.7 Å². The summed E-state index contributed by atoms with van der Waals surface area (Å²) in [5, 5.41) is 0. The van der Waals surface area contributed by atoms with E-state index in [9.17, 15) is 8.78 Å². The van der Waals surface area contributed by atoms with Gasteiger partial charge >= 0.3 is 0 Å². The highest BCUT2D eigenvalue weighted by Gasteiger charge is 2.59. The van der Waals surface area contributed by atoms with Gasteiger partial charge in [-0.1, -0.05) is 20.8 Å². The first-order chi connectivity index (χ1) is 5.48. The van der Waals surface area contributed by atoms with E-state index < -0.39 is 6.08 Å². The van der Waals surface area contributed by atoms with Crippen LogP contribution in [0.1, 0.15) is 34.1 Å². The van der Waals surface area contributed by atoms with Crippen LogP contribution >= 0.6 is 0 Å². The van der Waals surface area contributed by atoms with Gasteiger partial charge in [-0.15, -0.1) is 0 Å². The molecule has 1 rings (SSSR count).